The Bertz CT molecular complexity index is 822. The predicted molar refractivity (Wildman–Crippen MR) is 113 cm³/mol. The van der Waals surface area contributed by atoms with Crippen LogP contribution in [0.4, 0.5) is 5.69 Å². The van der Waals surface area contributed by atoms with Crippen LogP contribution in [0.1, 0.15) is 12.8 Å². The van der Waals surface area contributed by atoms with Crippen molar-refractivity contribution in [2.24, 2.45) is 0 Å². The van der Waals surface area contributed by atoms with E-state index in [-0.39, 0.29) is 18.6 Å². The van der Waals surface area contributed by atoms with Gasteiger partial charge in [0.25, 0.3) is 5.91 Å². The van der Waals surface area contributed by atoms with E-state index < -0.39 is 0 Å². The standard InChI is InChI=1S/C20H21Cl3N2O3/c1-27-15-4-2-14(3-5-15)25-8-6-13(7-9-25)24-20(26)12-28-19-11-17(22)16(21)10-18(19)23/h2-5,10-11,13H,6-9,12H2,1H3,(H,24,26). The molecule has 0 spiro atoms. The quantitative estimate of drug-likeness (QED) is 0.650. The predicted octanol–water partition coefficient (Wildman–Crippen LogP) is 4.82. The largest absolute Gasteiger partial charge is 0.497 e. The van der Waals surface area contributed by atoms with Gasteiger partial charge in [-0.25, -0.2) is 0 Å². The number of carbonyl (C=O) groups excluding carboxylic acids is 1. The molecule has 28 heavy (non-hydrogen) atoms. The van der Waals surface area contributed by atoms with Gasteiger partial charge < -0.3 is 19.7 Å². The number of halogens is 3. The summed E-state index contributed by atoms with van der Waals surface area (Å²) in [5.74, 6) is 0.985. The van der Waals surface area contributed by atoms with Crippen LogP contribution in [0.15, 0.2) is 36.4 Å². The number of hydrogen-bond donors (Lipinski definition) is 1. The molecule has 1 aliphatic rings. The zero-order valence-electron chi connectivity index (χ0n) is 15.4. The summed E-state index contributed by atoms with van der Waals surface area (Å²) in [7, 11) is 1.66. The molecule has 1 amide bonds. The number of rotatable bonds is 6. The molecule has 5 nitrogen and oxygen atoms in total. The first-order valence-corrected chi connectivity index (χ1v) is 10.1. The molecule has 0 unspecified atom stereocenters. The molecule has 3 rings (SSSR count). The molecule has 0 aliphatic carbocycles. The maximum atomic E-state index is 12.2. The summed E-state index contributed by atoms with van der Waals surface area (Å²) in [6, 6.07) is 11.1. The van der Waals surface area contributed by atoms with Gasteiger partial charge in [-0.1, -0.05) is 34.8 Å². The van der Waals surface area contributed by atoms with Gasteiger partial charge in [-0.2, -0.15) is 0 Å². The minimum absolute atomic E-state index is 0.120. The van der Waals surface area contributed by atoms with Crippen molar-refractivity contribution in [3.63, 3.8) is 0 Å². The van der Waals surface area contributed by atoms with Crippen molar-refractivity contribution in [3.05, 3.63) is 51.5 Å². The van der Waals surface area contributed by atoms with Gasteiger partial charge in [0.1, 0.15) is 11.5 Å². The van der Waals surface area contributed by atoms with E-state index in [9.17, 15) is 4.79 Å². The Hall–Kier alpha value is -1.82. The molecule has 2 aromatic rings. The molecule has 1 N–H and O–H groups in total. The lowest BCUT2D eigenvalue weighted by Gasteiger charge is -2.34. The van der Waals surface area contributed by atoms with E-state index in [2.05, 4.69) is 10.2 Å². The van der Waals surface area contributed by atoms with Gasteiger partial charge in [-0.15, -0.1) is 0 Å². The summed E-state index contributed by atoms with van der Waals surface area (Å²) in [5.41, 5.74) is 1.16. The minimum Gasteiger partial charge on any atom is -0.497 e. The fourth-order valence-corrected chi connectivity index (χ4v) is 3.69. The number of amides is 1. The third-order valence-electron chi connectivity index (χ3n) is 4.63. The third kappa shape index (κ3) is 5.37. The average molecular weight is 444 g/mol. The lowest BCUT2D eigenvalue weighted by atomic mass is 10.0. The Morgan fingerprint density at radius 2 is 1.71 bits per heavy atom. The molecule has 1 aliphatic heterocycles. The van der Waals surface area contributed by atoms with E-state index in [1.807, 2.05) is 24.3 Å². The first kappa shape index (κ1) is 20.9. The van der Waals surface area contributed by atoms with Gasteiger partial charge in [-0.05, 0) is 43.2 Å². The minimum atomic E-state index is -0.190. The Morgan fingerprint density at radius 1 is 1.07 bits per heavy atom. The number of piperidine rings is 1. The van der Waals surface area contributed by atoms with E-state index >= 15 is 0 Å². The SMILES string of the molecule is COc1ccc(N2CCC(NC(=O)COc3cc(Cl)c(Cl)cc3Cl)CC2)cc1. The maximum absolute atomic E-state index is 12.2. The molecule has 0 atom stereocenters. The summed E-state index contributed by atoms with van der Waals surface area (Å²) >= 11 is 17.9. The van der Waals surface area contributed by atoms with Crippen LogP contribution in [-0.2, 0) is 4.79 Å². The van der Waals surface area contributed by atoms with E-state index in [1.54, 1.807) is 7.11 Å². The number of nitrogens with one attached hydrogen (secondary N) is 1. The monoisotopic (exact) mass is 442 g/mol. The fraction of sp³-hybridized carbons (Fsp3) is 0.350. The van der Waals surface area contributed by atoms with Crippen LogP contribution < -0.4 is 19.7 Å². The number of ether oxygens (including phenoxy) is 2. The van der Waals surface area contributed by atoms with Gasteiger partial charge in [0.2, 0.25) is 0 Å². The highest BCUT2D eigenvalue weighted by Gasteiger charge is 2.21. The first-order valence-electron chi connectivity index (χ1n) is 8.92. The highest BCUT2D eigenvalue weighted by atomic mass is 35.5. The molecule has 2 aromatic carbocycles. The summed E-state index contributed by atoms with van der Waals surface area (Å²) in [6.07, 6.45) is 1.73. The second-order valence-corrected chi connectivity index (χ2v) is 7.73. The van der Waals surface area contributed by atoms with Crippen LogP contribution in [0.2, 0.25) is 15.1 Å². The third-order valence-corrected chi connectivity index (χ3v) is 5.65. The highest BCUT2D eigenvalue weighted by Crippen LogP contribution is 2.33. The lowest BCUT2D eigenvalue weighted by Crippen LogP contribution is -2.46. The van der Waals surface area contributed by atoms with Crippen molar-refractivity contribution in [3.8, 4) is 11.5 Å². The van der Waals surface area contributed by atoms with E-state index in [0.29, 0.717) is 20.8 Å². The van der Waals surface area contributed by atoms with Gasteiger partial charge in [-0.3, -0.25) is 4.79 Å². The highest BCUT2D eigenvalue weighted by molar-refractivity contribution is 6.43. The van der Waals surface area contributed by atoms with E-state index in [4.69, 9.17) is 44.3 Å². The molecule has 1 heterocycles. The summed E-state index contributed by atoms with van der Waals surface area (Å²) in [5, 5.41) is 3.99. The van der Waals surface area contributed by atoms with Gasteiger partial charge >= 0.3 is 0 Å². The maximum Gasteiger partial charge on any atom is 0.258 e. The van der Waals surface area contributed by atoms with Crippen LogP contribution in [0, 0.1) is 0 Å². The molecule has 0 bridgehead atoms. The van der Waals surface area contributed by atoms with Crippen molar-refractivity contribution in [1.82, 2.24) is 5.32 Å². The van der Waals surface area contributed by atoms with Gasteiger partial charge in [0, 0.05) is 30.9 Å². The molecule has 1 saturated heterocycles. The number of nitrogens with zero attached hydrogens (tertiary/aromatic N) is 1. The Morgan fingerprint density at radius 3 is 2.36 bits per heavy atom. The Labute approximate surface area is 179 Å². The van der Waals surface area contributed by atoms with Crippen molar-refractivity contribution in [2.75, 3.05) is 31.7 Å². The van der Waals surface area contributed by atoms with Crippen molar-refractivity contribution < 1.29 is 14.3 Å². The molecule has 0 aromatic heterocycles. The van der Waals surface area contributed by atoms with Crippen molar-refractivity contribution >= 4 is 46.4 Å². The second-order valence-electron chi connectivity index (χ2n) is 6.51. The number of benzene rings is 2. The van der Waals surface area contributed by atoms with Gasteiger partial charge in [0.15, 0.2) is 6.61 Å². The Kier molecular flexibility index (Phi) is 7.16. The van der Waals surface area contributed by atoms with Crippen LogP contribution >= 0.6 is 34.8 Å². The lowest BCUT2D eigenvalue weighted by molar-refractivity contribution is -0.123. The van der Waals surface area contributed by atoms with Crippen LogP contribution in [-0.4, -0.2) is 38.8 Å². The second kappa shape index (κ2) is 9.59. The number of methoxy groups -OCH3 is 1. The normalized spacial score (nSPS) is 14.6. The molecule has 8 heteroatoms. The van der Waals surface area contributed by atoms with E-state index in [1.165, 1.54) is 12.1 Å². The van der Waals surface area contributed by atoms with Crippen molar-refractivity contribution in [1.29, 1.82) is 0 Å². The van der Waals surface area contributed by atoms with Gasteiger partial charge in [0.05, 0.1) is 22.2 Å². The molecule has 0 saturated carbocycles. The number of carbonyl (C=O) groups is 1. The zero-order valence-corrected chi connectivity index (χ0v) is 17.7. The van der Waals surface area contributed by atoms with Crippen molar-refractivity contribution in [2.45, 2.75) is 18.9 Å². The molecular formula is C20H21Cl3N2O3. The summed E-state index contributed by atoms with van der Waals surface area (Å²) in [4.78, 5) is 14.5. The average Bonchev–Trinajstić information content (AvgIpc) is 2.70. The molecular weight excluding hydrogens is 423 g/mol. The van der Waals surface area contributed by atoms with E-state index in [0.717, 1.165) is 37.4 Å². The zero-order chi connectivity index (χ0) is 20.1. The van der Waals surface area contributed by atoms with Crippen LogP contribution in [0.3, 0.4) is 0 Å². The van der Waals surface area contributed by atoms with Crippen LogP contribution in [0.5, 0.6) is 11.5 Å². The summed E-state index contributed by atoms with van der Waals surface area (Å²) in [6.45, 7) is 1.61. The topological polar surface area (TPSA) is 50.8 Å². The number of hydrogen-bond acceptors (Lipinski definition) is 4. The van der Waals surface area contributed by atoms with Crippen LogP contribution in [0.25, 0.3) is 0 Å². The smallest absolute Gasteiger partial charge is 0.258 e. The first-order chi connectivity index (χ1) is 13.5. The Balaban J connectivity index is 1.45. The summed E-state index contributed by atoms with van der Waals surface area (Å²) < 4.78 is 10.7. The molecule has 1 fully saturated rings. The molecule has 150 valence electrons. The number of anilines is 1. The fourth-order valence-electron chi connectivity index (χ4n) is 3.10. The molecule has 0 radical (unpaired) electrons.